The Bertz CT molecular complexity index is 327. The highest BCUT2D eigenvalue weighted by atomic mass is 15.3. The molecule has 0 aliphatic carbocycles. The highest BCUT2D eigenvalue weighted by molar-refractivity contribution is 5.08. The minimum atomic E-state index is -0.331. The molecular formula is C10H18N4. The van der Waals surface area contributed by atoms with Gasteiger partial charge in [0.05, 0.1) is 5.54 Å². The van der Waals surface area contributed by atoms with Crippen molar-refractivity contribution < 1.29 is 0 Å². The molecule has 78 valence electrons. The van der Waals surface area contributed by atoms with E-state index in [1.54, 1.807) is 0 Å². The predicted molar refractivity (Wildman–Crippen MR) is 54.8 cm³/mol. The van der Waals surface area contributed by atoms with E-state index in [-0.39, 0.29) is 5.54 Å². The Balaban J connectivity index is 2.39. The number of fused-ring (bicyclic) bond motifs is 1. The summed E-state index contributed by atoms with van der Waals surface area (Å²) in [6, 6.07) is 0. The van der Waals surface area contributed by atoms with E-state index in [0.717, 1.165) is 31.0 Å². The molecule has 4 nitrogen and oxygen atoms in total. The Morgan fingerprint density at radius 2 is 2.21 bits per heavy atom. The van der Waals surface area contributed by atoms with Crippen molar-refractivity contribution >= 4 is 0 Å². The molecule has 0 saturated heterocycles. The summed E-state index contributed by atoms with van der Waals surface area (Å²) in [4.78, 5) is 0. The van der Waals surface area contributed by atoms with Crippen molar-refractivity contribution in [1.82, 2.24) is 14.8 Å². The Morgan fingerprint density at radius 3 is 2.93 bits per heavy atom. The number of nitrogens with two attached hydrogens (primary N) is 1. The number of aryl methyl sites for hydroxylation is 1. The first-order chi connectivity index (χ1) is 6.65. The Kier molecular flexibility index (Phi) is 2.31. The van der Waals surface area contributed by atoms with Crippen LogP contribution in [0.25, 0.3) is 0 Å². The lowest BCUT2D eigenvalue weighted by Gasteiger charge is -2.24. The molecule has 0 bridgehead atoms. The molecule has 0 radical (unpaired) electrons. The van der Waals surface area contributed by atoms with Crippen LogP contribution in [0.2, 0.25) is 0 Å². The number of aromatic nitrogens is 3. The molecule has 2 N–H and O–H groups in total. The molecule has 2 rings (SSSR count). The molecule has 1 aliphatic rings. The molecule has 1 aromatic rings. The SMILES string of the molecule is CCC(C)(N)c1nnc2n1CCCC2. The molecule has 14 heavy (non-hydrogen) atoms. The summed E-state index contributed by atoms with van der Waals surface area (Å²) in [7, 11) is 0. The monoisotopic (exact) mass is 194 g/mol. The zero-order chi connectivity index (χ0) is 10.2. The Hall–Kier alpha value is -0.900. The normalized spacial score (nSPS) is 20.2. The molecule has 1 unspecified atom stereocenters. The van der Waals surface area contributed by atoms with Crippen molar-refractivity contribution in [2.75, 3.05) is 0 Å². The minimum absolute atomic E-state index is 0.331. The second-order valence-corrected chi connectivity index (χ2v) is 4.32. The van der Waals surface area contributed by atoms with Gasteiger partial charge in [0.25, 0.3) is 0 Å². The fourth-order valence-corrected chi connectivity index (χ4v) is 1.89. The maximum Gasteiger partial charge on any atom is 0.152 e. The first kappa shape index (κ1) is 9.65. The second kappa shape index (κ2) is 3.35. The number of hydrogen-bond acceptors (Lipinski definition) is 3. The minimum Gasteiger partial charge on any atom is -0.319 e. The molecule has 0 aromatic carbocycles. The van der Waals surface area contributed by atoms with Gasteiger partial charge in [-0.25, -0.2) is 0 Å². The van der Waals surface area contributed by atoms with Crippen LogP contribution in [0, 0.1) is 0 Å². The highest BCUT2D eigenvalue weighted by Crippen LogP contribution is 2.23. The molecule has 2 heterocycles. The summed E-state index contributed by atoms with van der Waals surface area (Å²) < 4.78 is 2.20. The lowest BCUT2D eigenvalue weighted by molar-refractivity contribution is 0.400. The van der Waals surface area contributed by atoms with Crippen LogP contribution >= 0.6 is 0 Å². The first-order valence-electron chi connectivity index (χ1n) is 5.36. The largest absolute Gasteiger partial charge is 0.319 e. The second-order valence-electron chi connectivity index (χ2n) is 4.32. The number of rotatable bonds is 2. The van der Waals surface area contributed by atoms with E-state index in [2.05, 4.69) is 21.7 Å². The van der Waals surface area contributed by atoms with Crippen molar-refractivity contribution in [2.45, 2.75) is 51.6 Å². The maximum absolute atomic E-state index is 6.18. The van der Waals surface area contributed by atoms with Crippen molar-refractivity contribution in [1.29, 1.82) is 0 Å². The zero-order valence-corrected chi connectivity index (χ0v) is 8.95. The maximum atomic E-state index is 6.18. The van der Waals surface area contributed by atoms with E-state index in [9.17, 15) is 0 Å². The molecule has 1 atom stereocenters. The van der Waals surface area contributed by atoms with Gasteiger partial charge in [0.2, 0.25) is 0 Å². The van der Waals surface area contributed by atoms with Crippen LogP contribution in [-0.2, 0) is 18.5 Å². The summed E-state index contributed by atoms with van der Waals surface area (Å²) in [6.45, 7) is 5.15. The highest BCUT2D eigenvalue weighted by Gasteiger charge is 2.28. The van der Waals surface area contributed by atoms with E-state index < -0.39 is 0 Å². The molecule has 0 amide bonds. The lowest BCUT2D eigenvalue weighted by atomic mass is 9.99. The number of nitrogens with zero attached hydrogens (tertiary/aromatic N) is 3. The van der Waals surface area contributed by atoms with Gasteiger partial charge >= 0.3 is 0 Å². The van der Waals surface area contributed by atoms with Gasteiger partial charge in [-0.1, -0.05) is 6.92 Å². The Morgan fingerprint density at radius 1 is 1.43 bits per heavy atom. The van der Waals surface area contributed by atoms with Crippen LogP contribution in [0.5, 0.6) is 0 Å². The predicted octanol–water partition coefficient (Wildman–Crippen LogP) is 1.20. The summed E-state index contributed by atoms with van der Waals surface area (Å²) >= 11 is 0. The van der Waals surface area contributed by atoms with Crippen LogP contribution in [0.1, 0.15) is 44.8 Å². The fraction of sp³-hybridized carbons (Fsp3) is 0.800. The van der Waals surface area contributed by atoms with Gasteiger partial charge < -0.3 is 10.3 Å². The number of hydrogen-bond donors (Lipinski definition) is 1. The van der Waals surface area contributed by atoms with E-state index >= 15 is 0 Å². The standard InChI is InChI=1S/C10H18N4/c1-3-10(2,11)9-13-12-8-6-4-5-7-14(8)9/h3-7,11H2,1-2H3. The van der Waals surface area contributed by atoms with E-state index in [1.807, 2.05) is 6.92 Å². The third-order valence-corrected chi connectivity index (χ3v) is 3.10. The summed E-state index contributed by atoms with van der Waals surface area (Å²) in [5.41, 5.74) is 5.85. The average molecular weight is 194 g/mol. The zero-order valence-electron chi connectivity index (χ0n) is 8.95. The molecule has 1 aromatic heterocycles. The molecule has 1 aliphatic heterocycles. The molecular weight excluding hydrogens is 176 g/mol. The first-order valence-corrected chi connectivity index (χ1v) is 5.36. The van der Waals surface area contributed by atoms with Crippen LogP contribution in [0.15, 0.2) is 0 Å². The van der Waals surface area contributed by atoms with Crippen molar-refractivity contribution in [3.05, 3.63) is 11.6 Å². The van der Waals surface area contributed by atoms with Crippen molar-refractivity contribution in [3.63, 3.8) is 0 Å². The van der Waals surface area contributed by atoms with E-state index in [1.165, 1.54) is 12.8 Å². The van der Waals surface area contributed by atoms with Gasteiger partial charge in [0.15, 0.2) is 5.82 Å². The third kappa shape index (κ3) is 1.43. The summed E-state index contributed by atoms with van der Waals surface area (Å²) in [5, 5.41) is 8.43. The lowest BCUT2D eigenvalue weighted by Crippen LogP contribution is -2.36. The van der Waals surface area contributed by atoms with Gasteiger partial charge in [0, 0.05) is 13.0 Å². The van der Waals surface area contributed by atoms with Crippen LogP contribution < -0.4 is 5.73 Å². The molecule has 0 spiro atoms. The van der Waals surface area contributed by atoms with Crippen molar-refractivity contribution in [2.24, 2.45) is 5.73 Å². The van der Waals surface area contributed by atoms with Crippen LogP contribution in [0.3, 0.4) is 0 Å². The summed E-state index contributed by atoms with van der Waals surface area (Å²) in [5.74, 6) is 2.06. The van der Waals surface area contributed by atoms with Crippen LogP contribution in [0.4, 0.5) is 0 Å². The van der Waals surface area contributed by atoms with Gasteiger partial charge in [-0.05, 0) is 26.2 Å². The molecule has 0 fully saturated rings. The Labute approximate surface area is 84.5 Å². The van der Waals surface area contributed by atoms with Crippen molar-refractivity contribution in [3.8, 4) is 0 Å². The topological polar surface area (TPSA) is 56.7 Å². The third-order valence-electron chi connectivity index (χ3n) is 3.10. The smallest absolute Gasteiger partial charge is 0.152 e. The van der Waals surface area contributed by atoms with E-state index in [0.29, 0.717) is 0 Å². The molecule has 0 saturated carbocycles. The quantitative estimate of drug-likeness (QED) is 0.769. The van der Waals surface area contributed by atoms with E-state index in [4.69, 9.17) is 5.73 Å². The van der Waals surface area contributed by atoms with Gasteiger partial charge in [-0.3, -0.25) is 0 Å². The van der Waals surface area contributed by atoms with Gasteiger partial charge in [0.1, 0.15) is 5.82 Å². The average Bonchev–Trinajstić information content (AvgIpc) is 2.61. The summed E-state index contributed by atoms with van der Waals surface area (Å²) in [6.07, 6.45) is 4.39. The molecule has 4 heteroatoms. The fourth-order valence-electron chi connectivity index (χ4n) is 1.89. The van der Waals surface area contributed by atoms with Crippen LogP contribution in [-0.4, -0.2) is 14.8 Å². The van der Waals surface area contributed by atoms with Gasteiger partial charge in [-0.2, -0.15) is 0 Å². The van der Waals surface area contributed by atoms with Gasteiger partial charge in [-0.15, -0.1) is 10.2 Å².